The van der Waals surface area contributed by atoms with Crippen molar-refractivity contribution >= 4 is 44.8 Å². The highest BCUT2D eigenvalue weighted by Crippen LogP contribution is 2.51. The molecule has 6 heterocycles. The summed E-state index contributed by atoms with van der Waals surface area (Å²) in [5.41, 5.74) is 17.9. The van der Waals surface area contributed by atoms with Gasteiger partial charge in [-0.2, -0.15) is 0 Å². The van der Waals surface area contributed by atoms with E-state index in [4.69, 9.17) is 40.2 Å². The second-order valence-corrected chi connectivity index (χ2v) is 12.0. The summed E-state index contributed by atoms with van der Waals surface area (Å²) < 4.78 is 69.2. The molecule has 3 aromatic rings. The first-order valence-electron chi connectivity index (χ1n) is 13.0. The third-order valence-electron chi connectivity index (χ3n) is 7.19. The van der Waals surface area contributed by atoms with Gasteiger partial charge < -0.3 is 47.1 Å². The third-order valence-corrected chi connectivity index (χ3v) is 8.60. The maximum absolute atomic E-state index is 15.6. The first-order valence-corrected chi connectivity index (χ1v) is 15.6. The van der Waals surface area contributed by atoms with Gasteiger partial charge in [-0.1, -0.05) is 0 Å². The number of phosphoric acid groups is 1. The number of aliphatic imine (C=N–C) groups is 1. The highest BCUT2D eigenvalue weighted by molar-refractivity contribution is 7.47. The largest absolute Gasteiger partial charge is 0.695 e. The van der Waals surface area contributed by atoms with Gasteiger partial charge in [0.05, 0.1) is 25.9 Å². The molecule has 3 aromatic heterocycles. The molecule has 2 saturated heterocycles. The number of guanidine groups is 1. The van der Waals surface area contributed by atoms with Gasteiger partial charge in [0.15, 0.2) is 42.2 Å². The quantitative estimate of drug-likeness (QED) is 0.108. The Bertz CT molecular complexity index is 1680. The number of alkyl halides is 1. The molecule has 22 nitrogen and oxygen atoms in total. The second-order valence-electron chi connectivity index (χ2n) is 9.94. The molecule has 0 saturated carbocycles. The molecule has 0 aliphatic carbocycles. The van der Waals surface area contributed by atoms with Crippen LogP contribution in [0.25, 0.3) is 11.2 Å². The zero-order chi connectivity index (χ0) is 32.2. The van der Waals surface area contributed by atoms with E-state index in [9.17, 15) is 29.1 Å². The van der Waals surface area contributed by atoms with E-state index in [2.05, 4.69) is 30.2 Å². The number of imidazole rings is 2. The van der Waals surface area contributed by atoms with E-state index in [-0.39, 0.29) is 34.5 Å². The van der Waals surface area contributed by atoms with Gasteiger partial charge in [0, 0.05) is 4.57 Å². The van der Waals surface area contributed by atoms with Crippen molar-refractivity contribution in [3.8, 4) is 0 Å². The minimum atomic E-state index is -5.16. The standard InChI is InChI=1S/C20H26FN11O11P2/c21-8-12(42-44(35)36)7(41-18(8)31-4-27-9-14(22)25-3-26-16(9)31)2-39-45(37,38)43-13-11(34)6(1-33)40-19(13)32-5-28-10-15(23)29-20(24)30-17(10)32/h3-8,11-13,15,18-19,33-34H,1-2,23H2,(H6-,22,24,25,26,29,30,35,36,37,38)/p+1/t6-,7-,8?,11?,12?,13?,15?,18-,19-/m1/s1. The molecule has 0 spiro atoms. The van der Waals surface area contributed by atoms with Crippen LogP contribution in [-0.2, 0) is 32.2 Å². The number of aromatic nitrogens is 6. The van der Waals surface area contributed by atoms with Crippen LogP contribution in [0.3, 0.4) is 0 Å². The fraction of sp³-hybridized carbons (Fsp3) is 0.550. The molecule has 11 atom stereocenters. The summed E-state index contributed by atoms with van der Waals surface area (Å²) in [5.74, 6) is 0.122. The molecular formula is C20H27FN11O11P2+. The molecule has 0 radical (unpaired) electrons. The van der Waals surface area contributed by atoms with Crippen LogP contribution in [0.5, 0.6) is 0 Å². The highest BCUT2D eigenvalue weighted by atomic mass is 31.2. The number of nitrogen functional groups attached to an aromatic ring is 1. The summed E-state index contributed by atoms with van der Waals surface area (Å²) in [4.78, 5) is 39.9. The minimum Gasteiger partial charge on any atom is -0.394 e. The topological polar surface area (TPSA) is 325 Å². The summed E-state index contributed by atoms with van der Waals surface area (Å²) >= 11 is 0. The lowest BCUT2D eigenvalue weighted by molar-refractivity contribution is -0.0593. The molecule has 244 valence electrons. The van der Waals surface area contributed by atoms with Crippen molar-refractivity contribution in [1.82, 2.24) is 29.1 Å². The maximum atomic E-state index is 15.6. The molecule has 11 N–H and O–H groups in total. The van der Waals surface area contributed by atoms with E-state index in [1.54, 1.807) is 0 Å². The second kappa shape index (κ2) is 12.1. The first-order chi connectivity index (χ1) is 21.4. The number of hydrogen-bond acceptors (Lipinski definition) is 18. The first kappa shape index (κ1) is 31.7. The number of rotatable bonds is 10. The van der Waals surface area contributed by atoms with Crippen molar-refractivity contribution in [1.29, 1.82) is 0 Å². The number of phosphoric ester groups is 1. The van der Waals surface area contributed by atoms with E-state index in [1.165, 1.54) is 10.9 Å². The Kier molecular flexibility index (Phi) is 8.54. The number of aliphatic hydroxyl groups excluding tert-OH is 2. The zero-order valence-corrected chi connectivity index (χ0v) is 24.4. The van der Waals surface area contributed by atoms with Crippen molar-refractivity contribution in [3.05, 3.63) is 24.7 Å². The zero-order valence-electron chi connectivity index (χ0n) is 22.6. The smallest absolute Gasteiger partial charge is 0.394 e. The maximum Gasteiger partial charge on any atom is 0.695 e. The van der Waals surface area contributed by atoms with Crippen molar-refractivity contribution in [2.45, 2.75) is 55.3 Å². The summed E-state index contributed by atoms with van der Waals surface area (Å²) in [7, 11) is -8.52. The van der Waals surface area contributed by atoms with Crippen LogP contribution < -0.4 is 22.5 Å². The Balaban J connectivity index is 1.20. The number of halogens is 1. The molecule has 0 amide bonds. The van der Waals surface area contributed by atoms with Gasteiger partial charge >= 0.3 is 16.1 Å². The van der Waals surface area contributed by atoms with Crippen LogP contribution in [0, 0.1) is 0 Å². The molecule has 2 fully saturated rings. The highest BCUT2D eigenvalue weighted by Gasteiger charge is 2.54. The summed E-state index contributed by atoms with van der Waals surface area (Å²) in [6.45, 7) is -1.60. The van der Waals surface area contributed by atoms with Crippen LogP contribution in [0.1, 0.15) is 24.3 Å². The molecule has 45 heavy (non-hydrogen) atoms. The van der Waals surface area contributed by atoms with E-state index in [0.29, 0.717) is 0 Å². The molecule has 6 rings (SSSR count). The number of anilines is 2. The van der Waals surface area contributed by atoms with Crippen molar-refractivity contribution in [3.63, 3.8) is 0 Å². The van der Waals surface area contributed by atoms with Gasteiger partial charge in [-0.3, -0.25) is 18.2 Å². The van der Waals surface area contributed by atoms with Gasteiger partial charge in [-0.15, -0.1) is 9.42 Å². The number of nitrogens with one attached hydrogen (secondary N) is 1. The van der Waals surface area contributed by atoms with Crippen molar-refractivity contribution in [2.75, 3.05) is 24.3 Å². The van der Waals surface area contributed by atoms with Crippen molar-refractivity contribution < 1.29 is 56.6 Å². The summed E-state index contributed by atoms with van der Waals surface area (Å²) in [5, 5.41) is 23.2. The van der Waals surface area contributed by atoms with Crippen LogP contribution in [0.15, 0.2) is 24.0 Å². The predicted octanol–water partition coefficient (Wildman–Crippen LogP) is -1.97. The summed E-state index contributed by atoms with van der Waals surface area (Å²) in [6.07, 6.45) is -10.4. The van der Waals surface area contributed by atoms with Crippen LogP contribution in [-0.4, -0.2) is 105 Å². The van der Waals surface area contributed by atoms with Crippen LogP contribution in [0.4, 0.5) is 16.0 Å². The Morgan fingerprint density at radius 1 is 1.11 bits per heavy atom. The molecule has 3 aliphatic heterocycles. The molecule has 0 bridgehead atoms. The molecule has 0 aromatic carbocycles. The van der Waals surface area contributed by atoms with Crippen LogP contribution in [0.2, 0.25) is 0 Å². The lowest BCUT2D eigenvalue weighted by atomic mass is 10.1. The average Bonchev–Trinajstić information content (AvgIpc) is 3.73. The molecular weight excluding hydrogens is 651 g/mol. The fourth-order valence-corrected chi connectivity index (χ4v) is 6.57. The average molecular weight is 678 g/mol. The number of nitrogens with zero attached hydrogens (tertiary/aromatic N) is 7. The van der Waals surface area contributed by atoms with Gasteiger partial charge in [-0.25, -0.2) is 33.9 Å². The third kappa shape index (κ3) is 5.89. The molecule has 7 unspecified atom stereocenters. The van der Waals surface area contributed by atoms with E-state index < -0.39 is 84.6 Å². The number of hydrogen-bond donors (Lipinski definition) is 8. The SMILES string of the molecule is NC1=NC(N)c2ncn([C@@H]3O[C@H](CO)C(O)C3OP(=O)(O)OC[C@H]3O[C@@H](n4cnc5c(N)ncnc54)C(F)C3O[P+](=O)O)c2N1. The van der Waals surface area contributed by atoms with E-state index in [1.807, 2.05) is 0 Å². The lowest BCUT2D eigenvalue weighted by Crippen LogP contribution is -2.36. The Labute approximate surface area is 251 Å². The van der Waals surface area contributed by atoms with Gasteiger partial charge in [0.1, 0.15) is 53.9 Å². The van der Waals surface area contributed by atoms with Gasteiger partial charge in [-0.05, 0) is 0 Å². The predicted molar refractivity (Wildman–Crippen MR) is 145 cm³/mol. The number of nitrogens with two attached hydrogens (primary N) is 3. The number of ether oxygens (including phenoxy) is 2. The van der Waals surface area contributed by atoms with E-state index >= 15 is 4.39 Å². The van der Waals surface area contributed by atoms with Gasteiger partial charge in [0.2, 0.25) is 0 Å². The molecule has 25 heteroatoms. The number of aliphatic hydroxyl groups is 2. The molecule has 3 aliphatic rings. The fourth-order valence-electron chi connectivity index (χ4n) is 5.17. The Hall–Kier alpha value is -3.31. The lowest BCUT2D eigenvalue weighted by Gasteiger charge is -2.26. The van der Waals surface area contributed by atoms with Gasteiger partial charge in [0.25, 0.3) is 0 Å². The van der Waals surface area contributed by atoms with Crippen LogP contribution >= 0.6 is 16.1 Å². The minimum absolute atomic E-state index is 0.00268. The van der Waals surface area contributed by atoms with E-state index in [0.717, 1.165) is 17.2 Å². The summed E-state index contributed by atoms with van der Waals surface area (Å²) in [6, 6.07) is 0. The normalized spacial score (nSPS) is 33.1. The monoisotopic (exact) mass is 678 g/mol. The Morgan fingerprint density at radius 2 is 1.84 bits per heavy atom. The number of fused-ring (bicyclic) bond motifs is 2. The van der Waals surface area contributed by atoms with Crippen molar-refractivity contribution in [2.24, 2.45) is 16.5 Å². The Morgan fingerprint density at radius 3 is 2.58 bits per heavy atom.